The molecule has 6 nitrogen and oxygen atoms in total. The summed E-state index contributed by atoms with van der Waals surface area (Å²) in [7, 11) is 0. The van der Waals surface area contributed by atoms with Crippen LogP contribution in [0.25, 0.3) is 0 Å². The fraction of sp³-hybridized carbons (Fsp3) is 0.333. The fourth-order valence-electron chi connectivity index (χ4n) is 1.58. The van der Waals surface area contributed by atoms with Crippen LogP contribution < -0.4 is 11.1 Å². The van der Waals surface area contributed by atoms with E-state index in [0.717, 1.165) is 5.56 Å². The molecule has 1 rings (SSSR count). The van der Waals surface area contributed by atoms with Crippen LogP contribution in [0.2, 0.25) is 0 Å². The van der Waals surface area contributed by atoms with Crippen molar-refractivity contribution in [3.05, 3.63) is 34.9 Å². The topological polar surface area (TPSA) is 102 Å². The van der Waals surface area contributed by atoms with Crippen molar-refractivity contribution in [2.75, 3.05) is 19.8 Å². The van der Waals surface area contributed by atoms with Crippen molar-refractivity contribution in [2.45, 2.75) is 13.3 Å². The van der Waals surface area contributed by atoms with E-state index in [1.807, 2.05) is 13.0 Å². The van der Waals surface area contributed by atoms with Gasteiger partial charge in [-0.1, -0.05) is 23.5 Å². The van der Waals surface area contributed by atoms with Crippen LogP contribution in [0.1, 0.15) is 27.9 Å². The molecule has 0 spiro atoms. The number of carbonyl (C=O) groups is 2. The highest BCUT2D eigenvalue weighted by atomic mass is 16.5. The third-order valence-electron chi connectivity index (χ3n) is 2.51. The predicted octanol–water partition coefficient (Wildman–Crippen LogP) is 0.554. The maximum absolute atomic E-state index is 12.1. The fourth-order valence-corrected chi connectivity index (χ4v) is 1.58. The van der Waals surface area contributed by atoms with Crippen LogP contribution in [-0.2, 0) is 4.74 Å². The molecule has 0 saturated carbocycles. The first-order valence-corrected chi connectivity index (χ1v) is 6.45. The van der Waals surface area contributed by atoms with Gasteiger partial charge >= 0.3 is 6.09 Å². The molecule has 4 N–H and O–H groups in total. The smallest absolute Gasteiger partial charge is 0.404 e. The molecule has 0 heterocycles. The Morgan fingerprint density at radius 2 is 2.19 bits per heavy atom. The van der Waals surface area contributed by atoms with E-state index in [1.165, 1.54) is 0 Å². The molecule has 0 fully saturated rings. The number of nitrogens with one attached hydrogen (secondary N) is 1. The quantitative estimate of drug-likeness (QED) is 0.544. The number of ether oxygens (including phenoxy) is 1. The van der Waals surface area contributed by atoms with Crippen LogP contribution in [0.4, 0.5) is 4.79 Å². The molecule has 0 aliphatic carbocycles. The van der Waals surface area contributed by atoms with Gasteiger partial charge in [0.05, 0.1) is 18.7 Å². The second-order valence-electron chi connectivity index (χ2n) is 4.25. The van der Waals surface area contributed by atoms with E-state index in [2.05, 4.69) is 21.9 Å². The second kappa shape index (κ2) is 8.61. The molecular weight excluding hydrogens is 272 g/mol. The summed E-state index contributed by atoms with van der Waals surface area (Å²) in [6, 6.07) is 5.34. The number of aliphatic hydroxyl groups is 1. The summed E-state index contributed by atoms with van der Waals surface area (Å²) < 4.78 is 4.53. The SMILES string of the molecule is Cc1ccc(C#CCCO)c(C(=O)NCCOC(N)=O)c1. The van der Waals surface area contributed by atoms with E-state index in [4.69, 9.17) is 10.8 Å². The van der Waals surface area contributed by atoms with Gasteiger partial charge in [-0.3, -0.25) is 4.79 Å². The summed E-state index contributed by atoms with van der Waals surface area (Å²) in [6.07, 6.45) is -0.531. The Bertz CT molecular complexity index is 573. The number of aliphatic hydroxyl groups excluding tert-OH is 1. The maximum Gasteiger partial charge on any atom is 0.404 e. The summed E-state index contributed by atoms with van der Waals surface area (Å²) in [5, 5.41) is 11.3. The molecule has 1 aromatic carbocycles. The Morgan fingerprint density at radius 3 is 2.86 bits per heavy atom. The predicted molar refractivity (Wildman–Crippen MR) is 77.6 cm³/mol. The number of nitrogens with two attached hydrogens (primary N) is 1. The Labute approximate surface area is 123 Å². The van der Waals surface area contributed by atoms with Crippen LogP contribution in [0.5, 0.6) is 0 Å². The highest BCUT2D eigenvalue weighted by Gasteiger charge is 2.10. The minimum Gasteiger partial charge on any atom is -0.448 e. The molecule has 0 saturated heterocycles. The molecule has 0 aliphatic rings. The number of rotatable bonds is 5. The monoisotopic (exact) mass is 290 g/mol. The molecule has 2 amide bonds. The van der Waals surface area contributed by atoms with Crippen LogP contribution in [0, 0.1) is 18.8 Å². The number of hydrogen-bond acceptors (Lipinski definition) is 4. The first-order chi connectivity index (χ1) is 10.0. The molecule has 0 aliphatic heterocycles. The molecule has 0 atom stereocenters. The second-order valence-corrected chi connectivity index (χ2v) is 4.25. The Morgan fingerprint density at radius 1 is 1.43 bits per heavy atom. The van der Waals surface area contributed by atoms with E-state index in [-0.39, 0.29) is 25.7 Å². The highest BCUT2D eigenvalue weighted by Crippen LogP contribution is 2.11. The Hall–Kier alpha value is -2.52. The average Bonchev–Trinajstić information content (AvgIpc) is 2.45. The van der Waals surface area contributed by atoms with Crippen molar-refractivity contribution in [1.82, 2.24) is 5.32 Å². The van der Waals surface area contributed by atoms with Crippen molar-refractivity contribution >= 4 is 12.0 Å². The molecule has 0 radical (unpaired) electrons. The van der Waals surface area contributed by atoms with Crippen LogP contribution in [0.3, 0.4) is 0 Å². The minimum atomic E-state index is -0.879. The van der Waals surface area contributed by atoms with Crippen molar-refractivity contribution in [3.63, 3.8) is 0 Å². The molecule has 6 heteroatoms. The van der Waals surface area contributed by atoms with Crippen molar-refractivity contribution in [2.24, 2.45) is 5.73 Å². The van der Waals surface area contributed by atoms with Gasteiger partial charge in [-0.25, -0.2) is 4.79 Å². The lowest BCUT2D eigenvalue weighted by Gasteiger charge is -2.08. The van der Waals surface area contributed by atoms with E-state index in [0.29, 0.717) is 17.5 Å². The van der Waals surface area contributed by atoms with Crippen molar-refractivity contribution < 1.29 is 19.4 Å². The lowest BCUT2D eigenvalue weighted by atomic mass is 10.0. The zero-order valence-corrected chi connectivity index (χ0v) is 11.8. The third kappa shape index (κ3) is 5.97. The minimum absolute atomic E-state index is 0.0123. The molecule has 0 unspecified atom stereocenters. The number of aryl methyl sites for hydroxylation is 1. The highest BCUT2D eigenvalue weighted by molar-refractivity contribution is 5.96. The van der Waals surface area contributed by atoms with Gasteiger partial charge in [0.2, 0.25) is 0 Å². The number of benzene rings is 1. The van der Waals surface area contributed by atoms with Crippen LogP contribution in [0.15, 0.2) is 18.2 Å². The van der Waals surface area contributed by atoms with Gasteiger partial charge in [0.25, 0.3) is 5.91 Å². The summed E-state index contributed by atoms with van der Waals surface area (Å²) in [5.41, 5.74) is 6.78. The summed E-state index contributed by atoms with van der Waals surface area (Å²) >= 11 is 0. The number of primary amides is 1. The Kier molecular flexibility index (Phi) is 6.78. The molecule has 1 aromatic rings. The van der Waals surface area contributed by atoms with E-state index >= 15 is 0 Å². The van der Waals surface area contributed by atoms with Crippen LogP contribution >= 0.6 is 0 Å². The van der Waals surface area contributed by atoms with E-state index in [9.17, 15) is 9.59 Å². The van der Waals surface area contributed by atoms with Gasteiger partial charge in [0.15, 0.2) is 0 Å². The molecular formula is C15H18N2O4. The number of hydrogen-bond donors (Lipinski definition) is 3. The zero-order valence-electron chi connectivity index (χ0n) is 11.8. The van der Waals surface area contributed by atoms with Gasteiger partial charge < -0.3 is 20.9 Å². The largest absolute Gasteiger partial charge is 0.448 e. The first-order valence-electron chi connectivity index (χ1n) is 6.45. The van der Waals surface area contributed by atoms with Crippen LogP contribution in [-0.4, -0.2) is 36.9 Å². The lowest BCUT2D eigenvalue weighted by molar-refractivity contribution is 0.0936. The van der Waals surface area contributed by atoms with Gasteiger partial charge in [0, 0.05) is 12.0 Å². The summed E-state index contributed by atoms with van der Waals surface area (Å²) in [6.45, 7) is 2.03. The van der Waals surface area contributed by atoms with Gasteiger partial charge in [-0.2, -0.15) is 0 Å². The standard InChI is InChI=1S/C15H18N2O4/c1-11-5-6-12(4-2-3-8-18)13(10-11)14(19)17-7-9-21-15(16)20/h5-6,10,18H,3,7-9H2,1H3,(H2,16,20)(H,17,19). The molecule has 0 bridgehead atoms. The van der Waals surface area contributed by atoms with Gasteiger partial charge in [0.1, 0.15) is 6.61 Å². The number of amides is 2. The Balaban J connectivity index is 2.75. The maximum atomic E-state index is 12.1. The normalized spacial score (nSPS) is 9.43. The molecule has 0 aromatic heterocycles. The first kappa shape index (κ1) is 16.5. The van der Waals surface area contributed by atoms with Crippen molar-refractivity contribution in [1.29, 1.82) is 0 Å². The zero-order chi connectivity index (χ0) is 15.7. The third-order valence-corrected chi connectivity index (χ3v) is 2.51. The van der Waals surface area contributed by atoms with Crippen molar-refractivity contribution in [3.8, 4) is 11.8 Å². The lowest BCUT2D eigenvalue weighted by Crippen LogP contribution is -2.29. The van der Waals surface area contributed by atoms with E-state index < -0.39 is 6.09 Å². The molecule has 112 valence electrons. The summed E-state index contributed by atoms with van der Waals surface area (Å²) in [4.78, 5) is 22.5. The van der Waals surface area contributed by atoms with Gasteiger partial charge in [-0.05, 0) is 19.1 Å². The molecule has 21 heavy (non-hydrogen) atoms. The number of carbonyl (C=O) groups excluding carboxylic acids is 2. The average molecular weight is 290 g/mol. The van der Waals surface area contributed by atoms with E-state index in [1.54, 1.807) is 12.1 Å². The summed E-state index contributed by atoms with van der Waals surface area (Å²) in [5.74, 6) is 5.33. The van der Waals surface area contributed by atoms with Gasteiger partial charge in [-0.15, -0.1) is 0 Å².